The van der Waals surface area contributed by atoms with Gasteiger partial charge in [0.15, 0.2) is 0 Å². The summed E-state index contributed by atoms with van der Waals surface area (Å²) in [6.07, 6.45) is 3.79. The number of hydrogen-bond acceptors (Lipinski definition) is 2. The fourth-order valence-electron chi connectivity index (χ4n) is 2.51. The van der Waals surface area contributed by atoms with Crippen LogP contribution >= 0.6 is 0 Å². The van der Waals surface area contributed by atoms with Gasteiger partial charge >= 0.3 is 0 Å². The van der Waals surface area contributed by atoms with Crippen molar-refractivity contribution in [1.29, 1.82) is 0 Å². The van der Waals surface area contributed by atoms with Gasteiger partial charge in [0, 0.05) is 25.7 Å². The minimum Gasteiger partial charge on any atom is -0.311 e. The Kier molecular flexibility index (Phi) is 5.02. The van der Waals surface area contributed by atoms with Gasteiger partial charge in [-0.1, -0.05) is 43.7 Å². The van der Waals surface area contributed by atoms with Crippen molar-refractivity contribution in [3.8, 4) is 0 Å². The lowest BCUT2D eigenvalue weighted by atomic mass is 10.0. The Morgan fingerprint density at radius 2 is 2.12 bits per heavy atom. The molecule has 94 valence electrons. The summed E-state index contributed by atoms with van der Waals surface area (Å²) >= 11 is 0. The van der Waals surface area contributed by atoms with Gasteiger partial charge in [-0.25, -0.2) is 0 Å². The lowest BCUT2D eigenvalue weighted by Gasteiger charge is -2.33. The van der Waals surface area contributed by atoms with E-state index in [9.17, 15) is 0 Å². The van der Waals surface area contributed by atoms with E-state index in [1.54, 1.807) is 0 Å². The molecule has 2 heteroatoms. The van der Waals surface area contributed by atoms with Gasteiger partial charge in [0.2, 0.25) is 0 Å². The highest BCUT2D eigenvalue weighted by atomic mass is 15.2. The largest absolute Gasteiger partial charge is 0.311 e. The smallest absolute Gasteiger partial charge is 0.0235 e. The predicted octanol–water partition coefficient (Wildman–Crippen LogP) is 2.30. The first-order valence-electron chi connectivity index (χ1n) is 6.88. The van der Waals surface area contributed by atoms with Crippen LogP contribution in [-0.2, 0) is 6.42 Å². The van der Waals surface area contributed by atoms with Gasteiger partial charge in [0.05, 0.1) is 0 Å². The molecule has 1 aliphatic rings. The zero-order chi connectivity index (χ0) is 11.9. The van der Waals surface area contributed by atoms with Crippen LogP contribution in [0.5, 0.6) is 0 Å². The van der Waals surface area contributed by atoms with Crippen LogP contribution in [0.3, 0.4) is 0 Å². The minimum atomic E-state index is 0.628. The van der Waals surface area contributed by atoms with Gasteiger partial charge in [-0.05, 0) is 24.9 Å². The number of nitrogens with zero attached hydrogens (tertiary/aromatic N) is 1. The van der Waals surface area contributed by atoms with Crippen molar-refractivity contribution in [3.05, 3.63) is 35.9 Å². The van der Waals surface area contributed by atoms with Crippen molar-refractivity contribution in [1.82, 2.24) is 10.2 Å². The maximum absolute atomic E-state index is 3.63. The lowest BCUT2D eigenvalue weighted by molar-refractivity contribution is 0.197. The number of rotatable bonds is 5. The summed E-state index contributed by atoms with van der Waals surface area (Å²) in [5.41, 5.74) is 1.45. The second kappa shape index (κ2) is 6.77. The Balaban J connectivity index is 1.81. The number of benzene rings is 1. The van der Waals surface area contributed by atoms with Gasteiger partial charge in [-0.15, -0.1) is 0 Å². The fourth-order valence-corrected chi connectivity index (χ4v) is 2.51. The molecule has 1 aromatic carbocycles. The number of piperazine rings is 1. The van der Waals surface area contributed by atoms with Crippen LogP contribution in [0.1, 0.15) is 25.3 Å². The normalized spacial score (nSPS) is 21.6. The van der Waals surface area contributed by atoms with Crippen molar-refractivity contribution >= 4 is 0 Å². The molecular weight excluding hydrogens is 208 g/mol. The first-order valence-corrected chi connectivity index (χ1v) is 6.88. The maximum atomic E-state index is 3.63. The highest BCUT2D eigenvalue weighted by Crippen LogP contribution is 2.08. The third-order valence-corrected chi connectivity index (χ3v) is 3.49. The third kappa shape index (κ3) is 4.14. The molecule has 0 radical (unpaired) electrons. The molecule has 0 amide bonds. The zero-order valence-corrected chi connectivity index (χ0v) is 10.9. The van der Waals surface area contributed by atoms with Crippen LogP contribution in [0, 0.1) is 0 Å². The van der Waals surface area contributed by atoms with E-state index in [4.69, 9.17) is 0 Å². The lowest BCUT2D eigenvalue weighted by Crippen LogP contribution is -2.51. The summed E-state index contributed by atoms with van der Waals surface area (Å²) in [5, 5.41) is 3.63. The molecule has 0 saturated carbocycles. The second-order valence-electron chi connectivity index (χ2n) is 4.99. The summed E-state index contributed by atoms with van der Waals surface area (Å²) < 4.78 is 0. The molecule has 1 aromatic rings. The average molecular weight is 232 g/mol. The summed E-state index contributed by atoms with van der Waals surface area (Å²) in [5.74, 6) is 0. The molecule has 0 aromatic heterocycles. The standard InChI is InChI=1S/C15H24N2/c1-2-3-10-17-11-9-16-15(13-17)12-14-7-5-4-6-8-14/h4-8,15-16H,2-3,9-13H2,1H3. The van der Waals surface area contributed by atoms with Crippen molar-refractivity contribution in [2.75, 3.05) is 26.2 Å². The quantitative estimate of drug-likeness (QED) is 0.838. The molecular formula is C15H24N2. The Morgan fingerprint density at radius 3 is 2.88 bits per heavy atom. The third-order valence-electron chi connectivity index (χ3n) is 3.49. The number of nitrogens with one attached hydrogen (secondary N) is 1. The Labute approximate surface area is 105 Å². The summed E-state index contributed by atoms with van der Waals surface area (Å²) in [7, 11) is 0. The number of hydrogen-bond donors (Lipinski definition) is 1. The Bertz CT molecular complexity index is 310. The van der Waals surface area contributed by atoms with Gasteiger partial charge in [0.1, 0.15) is 0 Å². The molecule has 1 aliphatic heterocycles. The van der Waals surface area contributed by atoms with Crippen LogP contribution < -0.4 is 5.32 Å². The molecule has 2 nitrogen and oxygen atoms in total. The highest BCUT2D eigenvalue weighted by molar-refractivity contribution is 5.16. The van der Waals surface area contributed by atoms with Crippen LogP contribution in [0.25, 0.3) is 0 Å². The van der Waals surface area contributed by atoms with Gasteiger partial charge in [-0.2, -0.15) is 0 Å². The first-order chi connectivity index (χ1) is 8.38. The van der Waals surface area contributed by atoms with E-state index in [-0.39, 0.29) is 0 Å². The Morgan fingerprint density at radius 1 is 1.29 bits per heavy atom. The average Bonchev–Trinajstić information content (AvgIpc) is 2.38. The summed E-state index contributed by atoms with van der Waals surface area (Å²) in [4.78, 5) is 2.60. The SMILES string of the molecule is CCCCN1CCNC(Cc2ccccc2)C1. The van der Waals surface area contributed by atoms with E-state index in [2.05, 4.69) is 47.5 Å². The fraction of sp³-hybridized carbons (Fsp3) is 0.600. The van der Waals surface area contributed by atoms with Crippen molar-refractivity contribution in [3.63, 3.8) is 0 Å². The van der Waals surface area contributed by atoms with E-state index in [0.29, 0.717) is 6.04 Å². The van der Waals surface area contributed by atoms with Gasteiger partial charge in [-0.3, -0.25) is 0 Å². The second-order valence-corrected chi connectivity index (χ2v) is 4.99. The summed E-state index contributed by atoms with van der Waals surface area (Å²) in [6.45, 7) is 7.09. The molecule has 0 aliphatic carbocycles. The Hall–Kier alpha value is -0.860. The van der Waals surface area contributed by atoms with Crippen LogP contribution in [0.4, 0.5) is 0 Å². The van der Waals surface area contributed by atoms with Crippen LogP contribution in [-0.4, -0.2) is 37.1 Å². The van der Waals surface area contributed by atoms with E-state index < -0.39 is 0 Å². The van der Waals surface area contributed by atoms with Crippen LogP contribution in [0.15, 0.2) is 30.3 Å². The van der Waals surface area contributed by atoms with Gasteiger partial charge in [0.25, 0.3) is 0 Å². The zero-order valence-electron chi connectivity index (χ0n) is 10.9. The van der Waals surface area contributed by atoms with Crippen LogP contribution in [0.2, 0.25) is 0 Å². The van der Waals surface area contributed by atoms with Gasteiger partial charge < -0.3 is 10.2 Å². The number of unbranched alkanes of at least 4 members (excludes halogenated alkanes) is 1. The molecule has 1 atom stereocenters. The van der Waals surface area contributed by atoms with Crippen molar-refractivity contribution in [2.24, 2.45) is 0 Å². The molecule has 0 spiro atoms. The van der Waals surface area contributed by atoms with E-state index in [1.807, 2.05) is 0 Å². The maximum Gasteiger partial charge on any atom is 0.0235 e. The highest BCUT2D eigenvalue weighted by Gasteiger charge is 2.18. The molecule has 1 fully saturated rings. The molecule has 0 bridgehead atoms. The van der Waals surface area contributed by atoms with E-state index in [0.717, 1.165) is 13.0 Å². The molecule has 2 rings (SSSR count). The molecule has 1 unspecified atom stereocenters. The van der Waals surface area contributed by atoms with E-state index in [1.165, 1.54) is 38.0 Å². The molecule has 1 saturated heterocycles. The monoisotopic (exact) mass is 232 g/mol. The predicted molar refractivity (Wildman–Crippen MR) is 73.3 cm³/mol. The van der Waals surface area contributed by atoms with Crippen molar-refractivity contribution < 1.29 is 0 Å². The first kappa shape index (κ1) is 12.6. The van der Waals surface area contributed by atoms with E-state index >= 15 is 0 Å². The molecule has 1 N–H and O–H groups in total. The van der Waals surface area contributed by atoms with Crippen molar-refractivity contribution in [2.45, 2.75) is 32.2 Å². The topological polar surface area (TPSA) is 15.3 Å². The molecule has 1 heterocycles. The summed E-state index contributed by atoms with van der Waals surface area (Å²) in [6, 6.07) is 11.4. The molecule has 17 heavy (non-hydrogen) atoms. The minimum absolute atomic E-state index is 0.628.